The molecule has 0 aliphatic rings. The van der Waals surface area contributed by atoms with Crippen LogP contribution in [0.3, 0.4) is 0 Å². The first-order valence-corrected chi connectivity index (χ1v) is 5.75. The number of hydrogen-bond acceptors (Lipinski definition) is 4. The number of carbonyl (C=O) groups excluding carboxylic acids is 1. The zero-order chi connectivity index (χ0) is 15.0. The van der Waals surface area contributed by atoms with E-state index in [9.17, 15) is 14.9 Å². The highest BCUT2D eigenvalue weighted by molar-refractivity contribution is 6.11. The molecule has 0 fully saturated rings. The Morgan fingerprint density at radius 1 is 1.10 bits per heavy atom. The number of para-hydroxylation sites is 1. The minimum Gasteiger partial charge on any atom is -0.288 e. The lowest BCUT2D eigenvalue weighted by Crippen LogP contribution is -2.04. The summed E-state index contributed by atoms with van der Waals surface area (Å²) >= 11 is 0. The number of ketones is 1. The van der Waals surface area contributed by atoms with Gasteiger partial charge in [0, 0.05) is 18.6 Å². The molecule has 2 aromatic carbocycles. The fraction of sp³-hybridized carbons (Fsp3) is 0.0667. The Bertz CT molecular complexity index is 646. The smallest absolute Gasteiger partial charge is 0.280 e. The molecule has 0 unspecified atom stereocenters. The van der Waals surface area contributed by atoms with Gasteiger partial charge in [0.15, 0.2) is 5.78 Å². The number of nitro groups is 1. The third kappa shape index (κ3) is 3.75. The molecule has 0 bridgehead atoms. The van der Waals surface area contributed by atoms with Crippen molar-refractivity contribution in [2.45, 2.75) is 6.92 Å². The number of nitriles is 1. The van der Waals surface area contributed by atoms with Crippen LogP contribution in [0.5, 0.6) is 0 Å². The van der Waals surface area contributed by atoms with Gasteiger partial charge in [0.1, 0.15) is 5.56 Å². The molecule has 0 N–H and O–H groups in total. The van der Waals surface area contributed by atoms with Crippen LogP contribution in [-0.4, -0.2) is 10.7 Å². The van der Waals surface area contributed by atoms with Crippen molar-refractivity contribution in [3.63, 3.8) is 0 Å². The molecule has 20 heavy (non-hydrogen) atoms. The first-order valence-electron chi connectivity index (χ1n) is 5.75. The van der Waals surface area contributed by atoms with Crippen LogP contribution in [0.25, 0.3) is 0 Å². The van der Waals surface area contributed by atoms with Gasteiger partial charge in [-0.3, -0.25) is 14.9 Å². The molecule has 0 atom stereocenters. The van der Waals surface area contributed by atoms with Gasteiger partial charge >= 0.3 is 0 Å². The predicted octanol–water partition coefficient (Wildman–Crippen LogP) is 3.36. The lowest BCUT2D eigenvalue weighted by Gasteiger charge is -2.01. The summed E-state index contributed by atoms with van der Waals surface area (Å²) in [5.74, 6) is -0.335. The van der Waals surface area contributed by atoms with Crippen molar-refractivity contribution in [1.29, 1.82) is 5.26 Å². The summed E-state index contributed by atoms with van der Waals surface area (Å²) < 4.78 is 0. The molecule has 0 aromatic heterocycles. The summed E-state index contributed by atoms with van der Waals surface area (Å²) in [4.78, 5) is 22.3. The van der Waals surface area contributed by atoms with Crippen molar-refractivity contribution >= 4 is 11.5 Å². The third-order valence-electron chi connectivity index (χ3n) is 2.38. The van der Waals surface area contributed by atoms with Gasteiger partial charge in [-0.1, -0.05) is 42.5 Å². The molecule has 100 valence electrons. The van der Waals surface area contributed by atoms with E-state index in [1.165, 1.54) is 19.1 Å². The van der Waals surface area contributed by atoms with Crippen LogP contribution >= 0.6 is 0 Å². The molecular weight excluding hydrogens is 256 g/mol. The lowest BCUT2D eigenvalue weighted by molar-refractivity contribution is -0.385. The van der Waals surface area contributed by atoms with Gasteiger partial charge < -0.3 is 0 Å². The molecule has 0 radical (unpaired) electrons. The minimum absolute atomic E-state index is 0.115. The molecule has 0 saturated heterocycles. The van der Waals surface area contributed by atoms with Gasteiger partial charge in [-0.25, -0.2) is 0 Å². The molecule has 2 aromatic rings. The highest BCUT2D eigenvalue weighted by atomic mass is 16.6. The highest BCUT2D eigenvalue weighted by Crippen LogP contribution is 2.20. The molecule has 0 saturated carbocycles. The largest absolute Gasteiger partial charge is 0.288 e. The minimum atomic E-state index is -0.545. The Balaban J connectivity index is 0.000000612. The summed E-state index contributed by atoms with van der Waals surface area (Å²) in [5.41, 5.74) is 0.395. The highest BCUT2D eigenvalue weighted by Gasteiger charge is 2.19. The number of nitro benzene ring substituents is 1. The third-order valence-corrected chi connectivity index (χ3v) is 2.38. The maximum absolute atomic E-state index is 12.1. The van der Waals surface area contributed by atoms with Crippen molar-refractivity contribution in [1.82, 2.24) is 0 Å². The molecule has 0 aliphatic carbocycles. The van der Waals surface area contributed by atoms with Gasteiger partial charge in [0.2, 0.25) is 0 Å². The van der Waals surface area contributed by atoms with E-state index in [1.54, 1.807) is 48.5 Å². The summed E-state index contributed by atoms with van der Waals surface area (Å²) in [5, 5.41) is 18.1. The topological polar surface area (TPSA) is 84.0 Å². The van der Waals surface area contributed by atoms with E-state index in [0.29, 0.717) is 5.56 Å². The summed E-state index contributed by atoms with van der Waals surface area (Å²) in [6.07, 6.45) is 0. The molecular formula is C15H12N2O3. The van der Waals surface area contributed by atoms with Crippen molar-refractivity contribution in [3.8, 4) is 6.07 Å². The molecule has 0 amide bonds. The number of benzene rings is 2. The van der Waals surface area contributed by atoms with E-state index in [1.807, 2.05) is 0 Å². The van der Waals surface area contributed by atoms with Crippen molar-refractivity contribution in [2.75, 3.05) is 0 Å². The number of rotatable bonds is 3. The van der Waals surface area contributed by atoms with E-state index >= 15 is 0 Å². The summed E-state index contributed by atoms with van der Waals surface area (Å²) in [7, 11) is 0. The van der Waals surface area contributed by atoms with Crippen LogP contribution in [0, 0.1) is 21.4 Å². The monoisotopic (exact) mass is 268 g/mol. The number of hydrogen-bond donors (Lipinski definition) is 0. The number of nitrogens with zero attached hydrogens (tertiary/aromatic N) is 2. The molecule has 0 aliphatic heterocycles. The molecule has 0 spiro atoms. The van der Waals surface area contributed by atoms with Crippen LogP contribution in [0.1, 0.15) is 22.8 Å². The van der Waals surface area contributed by atoms with Crippen molar-refractivity contribution < 1.29 is 9.72 Å². The van der Waals surface area contributed by atoms with Crippen LogP contribution in [-0.2, 0) is 0 Å². The second-order valence-corrected chi connectivity index (χ2v) is 3.69. The molecule has 5 heteroatoms. The maximum atomic E-state index is 12.1. The second-order valence-electron chi connectivity index (χ2n) is 3.69. The van der Waals surface area contributed by atoms with E-state index < -0.39 is 4.92 Å². The second kappa shape index (κ2) is 7.44. The average molecular weight is 268 g/mol. The first kappa shape index (κ1) is 15.1. The van der Waals surface area contributed by atoms with Crippen LogP contribution in [0.15, 0.2) is 54.6 Å². The van der Waals surface area contributed by atoms with E-state index in [4.69, 9.17) is 5.26 Å². The number of carbonyl (C=O) groups is 1. The lowest BCUT2D eigenvalue weighted by atomic mass is 10.0. The van der Waals surface area contributed by atoms with Gasteiger partial charge in [0.05, 0.1) is 11.0 Å². The molecule has 2 rings (SSSR count). The van der Waals surface area contributed by atoms with Gasteiger partial charge in [-0.15, -0.1) is 0 Å². The Morgan fingerprint density at radius 2 is 1.60 bits per heavy atom. The Morgan fingerprint density at radius 3 is 2.15 bits per heavy atom. The van der Waals surface area contributed by atoms with Crippen molar-refractivity contribution in [3.05, 3.63) is 75.8 Å². The van der Waals surface area contributed by atoms with Crippen LogP contribution in [0.4, 0.5) is 5.69 Å². The van der Waals surface area contributed by atoms with Crippen LogP contribution < -0.4 is 0 Å². The van der Waals surface area contributed by atoms with E-state index in [2.05, 4.69) is 0 Å². The van der Waals surface area contributed by atoms with Gasteiger partial charge in [0.25, 0.3) is 5.69 Å². The van der Waals surface area contributed by atoms with E-state index in [0.717, 1.165) is 0 Å². The Kier molecular flexibility index (Phi) is 5.60. The zero-order valence-corrected chi connectivity index (χ0v) is 10.8. The summed E-state index contributed by atoms with van der Waals surface area (Å²) in [6, 6.07) is 16.2. The summed E-state index contributed by atoms with van der Waals surface area (Å²) in [6.45, 7) is 1.43. The molecule has 0 heterocycles. The fourth-order valence-electron chi connectivity index (χ4n) is 1.57. The van der Waals surface area contributed by atoms with Gasteiger partial charge in [-0.05, 0) is 6.07 Å². The van der Waals surface area contributed by atoms with Crippen molar-refractivity contribution in [2.24, 2.45) is 0 Å². The first-order chi connectivity index (χ1) is 9.61. The zero-order valence-electron chi connectivity index (χ0n) is 10.8. The standard InChI is InChI=1S/C13H9NO3.C2H3N/c15-13(10-6-2-1-3-7-10)11-8-4-5-9-12(11)14(16)17;1-2-3/h1-9H;1H3. The molecule has 5 nitrogen and oxygen atoms in total. The Labute approximate surface area is 116 Å². The maximum Gasteiger partial charge on any atom is 0.280 e. The SMILES string of the molecule is CC#N.O=C(c1ccccc1)c1ccccc1[N+](=O)[O-]. The quantitative estimate of drug-likeness (QED) is 0.485. The van der Waals surface area contributed by atoms with Crippen LogP contribution in [0.2, 0.25) is 0 Å². The van der Waals surface area contributed by atoms with E-state index in [-0.39, 0.29) is 17.0 Å². The fourth-order valence-corrected chi connectivity index (χ4v) is 1.57. The van der Waals surface area contributed by atoms with Gasteiger partial charge in [-0.2, -0.15) is 5.26 Å². The predicted molar refractivity (Wildman–Crippen MR) is 74.3 cm³/mol. The average Bonchev–Trinajstić information content (AvgIpc) is 2.48. The Hall–Kier alpha value is -3.00. The normalized spacial score (nSPS) is 8.80.